The van der Waals surface area contributed by atoms with E-state index in [2.05, 4.69) is 5.32 Å². The highest BCUT2D eigenvalue weighted by atomic mass is 16.6. The van der Waals surface area contributed by atoms with Crippen molar-refractivity contribution < 1.29 is 24.0 Å². The molecule has 0 aliphatic carbocycles. The molecule has 3 rings (SSSR count). The number of para-hydroxylation sites is 1. The molecule has 0 radical (unpaired) electrons. The molecule has 1 atom stereocenters. The fourth-order valence-corrected chi connectivity index (χ4v) is 3.35. The second-order valence-corrected chi connectivity index (χ2v) is 6.77. The molecule has 31 heavy (non-hydrogen) atoms. The SMILES string of the molecule is CCN1C(=O)NC(c2ccc([N+](=O)[O-])cc2)C(C(=O)OCCOc2ccccc2)=C1C. The number of carbonyl (C=O) groups is 2. The van der Waals surface area contributed by atoms with E-state index in [9.17, 15) is 19.7 Å². The van der Waals surface area contributed by atoms with Crippen molar-refractivity contribution in [2.24, 2.45) is 0 Å². The first kappa shape index (κ1) is 21.8. The Kier molecular flexibility index (Phi) is 6.86. The number of nitro groups is 1. The molecule has 2 aromatic carbocycles. The second kappa shape index (κ2) is 9.75. The Bertz CT molecular complexity index is 988. The Balaban J connectivity index is 1.78. The topological polar surface area (TPSA) is 111 Å². The number of nitrogens with zero attached hydrogens (tertiary/aromatic N) is 2. The van der Waals surface area contributed by atoms with E-state index >= 15 is 0 Å². The maximum absolute atomic E-state index is 12.9. The van der Waals surface area contributed by atoms with Crippen LogP contribution < -0.4 is 10.1 Å². The van der Waals surface area contributed by atoms with Gasteiger partial charge < -0.3 is 14.8 Å². The standard InChI is InChI=1S/C22H23N3O6/c1-3-24-15(2)19(21(26)31-14-13-30-18-7-5-4-6-8-18)20(23-22(24)27)16-9-11-17(12-10-16)25(28)29/h4-12,20H,3,13-14H2,1-2H3,(H,23,27). The summed E-state index contributed by atoms with van der Waals surface area (Å²) < 4.78 is 10.9. The van der Waals surface area contributed by atoms with Gasteiger partial charge >= 0.3 is 12.0 Å². The monoisotopic (exact) mass is 425 g/mol. The number of hydrogen-bond acceptors (Lipinski definition) is 6. The van der Waals surface area contributed by atoms with Gasteiger partial charge in [0.25, 0.3) is 5.69 Å². The number of ether oxygens (including phenoxy) is 2. The Morgan fingerprint density at radius 1 is 1.13 bits per heavy atom. The maximum atomic E-state index is 12.9. The van der Waals surface area contributed by atoms with Gasteiger partial charge in [-0.25, -0.2) is 9.59 Å². The number of allylic oxidation sites excluding steroid dienone is 1. The first-order chi connectivity index (χ1) is 14.9. The zero-order valence-electron chi connectivity index (χ0n) is 17.2. The number of non-ortho nitro benzene ring substituents is 1. The summed E-state index contributed by atoms with van der Waals surface area (Å²) in [5.41, 5.74) is 1.21. The summed E-state index contributed by atoms with van der Waals surface area (Å²) in [6.45, 7) is 4.05. The van der Waals surface area contributed by atoms with Crippen LogP contribution in [-0.2, 0) is 9.53 Å². The number of carbonyl (C=O) groups excluding carboxylic acids is 2. The van der Waals surface area contributed by atoms with E-state index in [1.807, 2.05) is 18.2 Å². The lowest BCUT2D eigenvalue weighted by Crippen LogP contribution is -2.48. The van der Waals surface area contributed by atoms with Gasteiger partial charge in [-0.15, -0.1) is 0 Å². The number of nitrogens with one attached hydrogen (secondary N) is 1. The molecule has 0 fully saturated rings. The molecule has 0 aromatic heterocycles. The number of nitro benzene ring substituents is 1. The smallest absolute Gasteiger partial charge is 0.338 e. The van der Waals surface area contributed by atoms with Gasteiger partial charge in [-0.3, -0.25) is 15.0 Å². The second-order valence-electron chi connectivity index (χ2n) is 6.77. The highest BCUT2D eigenvalue weighted by molar-refractivity contribution is 5.95. The third-order valence-electron chi connectivity index (χ3n) is 4.90. The van der Waals surface area contributed by atoms with Gasteiger partial charge in [-0.2, -0.15) is 0 Å². The summed E-state index contributed by atoms with van der Waals surface area (Å²) in [5.74, 6) is 0.0794. The summed E-state index contributed by atoms with van der Waals surface area (Å²) in [5, 5.41) is 13.7. The van der Waals surface area contributed by atoms with Crippen LogP contribution in [0.15, 0.2) is 65.9 Å². The van der Waals surface area contributed by atoms with Crippen molar-refractivity contribution in [3.05, 3.63) is 81.5 Å². The lowest BCUT2D eigenvalue weighted by molar-refractivity contribution is -0.384. The van der Waals surface area contributed by atoms with Crippen molar-refractivity contribution in [2.75, 3.05) is 19.8 Å². The predicted octanol–water partition coefficient (Wildman–Crippen LogP) is 3.58. The Hall–Kier alpha value is -3.88. The fraction of sp³-hybridized carbons (Fsp3) is 0.273. The zero-order valence-corrected chi connectivity index (χ0v) is 17.2. The van der Waals surface area contributed by atoms with E-state index in [1.54, 1.807) is 26.0 Å². The van der Waals surface area contributed by atoms with Crippen molar-refractivity contribution in [1.82, 2.24) is 10.2 Å². The van der Waals surface area contributed by atoms with Crippen LogP contribution in [0.2, 0.25) is 0 Å². The zero-order chi connectivity index (χ0) is 22.4. The fourth-order valence-electron chi connectivity index (χ4n) is 3.35. The molecule has 0 bridgehead atoms. The molecule has 1 aliphatic heterocycles. The molecule has 0 saturated heterocycles. The number of esters is 1. The van der Waals surface area contributed by atoms with Crippen LogP contribution in [0.3, 0.4) is 0 Å². The van der Waals surface area contributed by atoms with Crippen LogP contribution in [0.1, 0.15) is 25.5 Å². The van der Waals surface area contributed by atoms with Crippen LogP contribution in [0.25, 0.3) is 0 Å². The number of amides is 2. The number of urea groups is 1. The number of rotatable bonds is 8. The predicted molar refractivity (Wildman–Crippen MR) is 112 cm³/mol. The van der Waals surface area contributed by atoms with E-state index in [0.717, 1.165) is 0 Å². The third-order valence-corrected chi connectivity index (χ3v) is 4.90. The van der Waals surface area contributed by atoms with Gasteiger partial charge in [0.05, 0.1) is 16.5 Å². The molecule has 162 valence electrons. The normalized spacial score (nSPS) is 16.0. The summed E-state index contributed by atoms with van der Waals surface area (Å²) in [6.07, 6.45) is 0. The van der Waals surface area contributed by atoms with E-state index in [0.29, 0.717) is 23.6 Å². The maximum Gasteiger partial charge on any atom is 0.338 e. The van der Waals surface area contributed by atoms with E-state index < -0.39 is 16.9 Å². The quantitative estimate of drug-likeness (QED) is 0.300. The van der Waals surface area contributed by atoms with Crippen LogP contribution in [0.5, 0.6) is 5.75 Å². The van der Waals surface area contributed by atoms with Gasteiger partial charge in [0.2, 0.25) is 0 Å². The molecule has 0 saturated carbocycles. The van der Waals surface area contributed by atoms with E-state index in [1.165, 1.54) is 29.2 Å². The van der Waals surface area contributed by atoms with Gasteiger partial charge in [0.1, 0.15) is 19.0 Å². The van der Waals surface area contributed by atoms with Crippen molar-refractivity contribution in [2.45, 2.75) is 19.9 Å². The summed E-state index contributed by atoms with van der Waals surface area (Å²) in [6, 6.07) is 13.7. The van der Waals surface area contributed by atoms with E-state index in [-0.39, 0.29) is 30.5 Å². The third kappa shape index (κ3) is 5.00. The lowest BCUT2D eigenvalue weighted by Gasteiger charge is -2.34. The Morgan fingerprint density at radius 3 is 2.42 bits per heavy atom. The van der Waals surface area contributed by atoms with Crippen LogP contribution in [0, 0.1) is 10.1 Å². The Morgan fingerprint density at radius 2 is 1.81 bits per heavy atom. The van der Waals surface area contributed by atoms with Gasteiger partial charge in [-0.1, -0.05) is 18.2 Å². The average Bonchev–Trinajstić information content (AvgIpc) is 2.77. The highest BCUT2D eigenvalue weighted by Gasteiger charge is 2.36. The molecule has 9 heteroatoms. The number of benzene rings is 2. The Labute approximate surface area is 179 Å². The minimum absolute atomic E-state index is 0.0254. The van der Waals surface area contributed by atoms with Gasteiger partial charge in [0, 0.05) is 24.4 Å². The molecular weight excluding hydrogens is 402 g/mol. The van der Waals surface area contributed by atoms with Crippen LogP contribution >= 0.6 is 0 Å². The molecule has 9 nitrogen and oxygen atoms in total. The van der Waals surface area contributed by atoms with Crippen molar-refractivity contribution >= 4 is 17.7 Å². The summed E-state index contributed by atoms with van der Waals surface area (Å²) in [7, 11) is 0. The molecular formula is C22H23N3O6. The average molecular weight is 425 g/mol. The lowest BCUT2D eigenvalue weighted by atomic mass is 9.94. The largest absolute Gasteiger partial charge is 0.490 e. The van der Waals surface area contributed by atoms with Gasteiger partial charge in [0.15, 0.2) is 0 Å². The summed E-state index contributed by atoms with van der Waals surface area (Å²) >= 11 is 0. The van der Waals surface area contributed by atoms with Gasteiger partial charge in [-0.05, 0) is 43.7 Å². The highest BCUT2D eigenvalue weighted by Crippen LogP contribution is 2.32. The molecule has 1 aliphatic rings. The van der Waals surface area contributed by atoms with Crippen molar-refractivity contribution in [1.29, 1.82) is 0 Å². The molecule has 2 aromatic rings. The van der Waals surface area contributed by atoms with Crippen molar-refractivity contribution in [3.8, 4) is 5.75 Å². The van der Waals surface area contributed by atoms with Crippen LogP contribution in [0.4, 0.5) is 10.5 Å². The molecule has 1 unspecified atom stereocenters. The molecule has 1 N–H and O–H groups in total. The van der Waals surface area contributed by atoms with E-state index in [4.69, 9.17) is 9.47 Å². The summed E-state index contributed by atoms with van der Waals surface area (Å²) in [4.78, 5) is 37.3. The molecule has 0 spiro atoms. The minimum Gasteiger partial charge on any atom is -0.490 e. The van der Waals surface area contributed by atoms with Crippen LogP contribution in [-0.4, -0.2) is 41.6 Å². The molecule has 1 heterocycles. The first-order valence-corrected chi connectivity index (χ1v) is 9.80. The minimum atomic E-state index is -0.779. The number of hydrogen-bond donors (Lipinski definition) is 1. The van der Waals surface area contributed by atoms with Crippen molar-refractivity contribution in [3.63, 3.8) is 0 Å². The molecule has 2 amide bonds. The first-order valence-electron chi connectivity index (χ1n) is 9.80.